The molecule has 1 heterocycles. The number of hydrogen-bond acceptors (Lipinski definition) is 5. The molecule has 1 rings (SSSR count). The molecule has 18 heavy (non-hydrogen) atoms. The number of carbonyl (C=O) groups excluding carboxylic acids is 3. The fourth-order valence-corrected chi connectivity index (χ4v) is 1.95. The van der Waals surface area contributed by atoms with E-state index in [4.69, 9.17) is 9.47 Å². The summed E-state index contributed by atoms with van der Waals surface area (Å²) in [6, 6.07) is -0.739. The maximum atomic E-state index is 11.8. The minimum absolute atomic E-state index is 0.0918. The van der Waals surface area contributed by atoms with E-state index < -0.39 is 18.1 Å². The number of likely N-dealkylation sites (tertiary alicyclic amines) is 1. The van der Waals surface area contributed by atoms with E-state index in [1.807, 2.05) is 0 Å². The Bertz CT molecular complexity index is 328. The standard InChI is InChI=1S/C12H19NO5/c1-3-17-11(15)8-9-10(14)6-5-7-13(9)12(16)18-4-2/h9H,3-8H2,1-2H3. The second kappa shape index (κ2) is 6.98. The van der Waals surface area contributed by atoms with E-state index in [0.717, 1.165) is 0 Å². The molecule has 102 valence electrons. The van der Waals surface area contributed by atoms with Gasteiger partial charge in [0.05, 0.1) is 19.6 Å². The number of rotatable bonds is 4. The van der Waals surface area contributed by atoms with Crippen molar-refractivity contribution >= 4 is 17.8 Å². The average molecular weight is 257 g/mol. The lowest BCUT2D eigenvalue weighted by Gasteiger charge is -2.33. The number of nitrogens with zero attached hydrogens (tertiary/aromatic N) is 1. The lowest BCUT2D eigenvalue weighted by Crippen LogP contribution is -2.50. The van der Waals surface area contributed by atoms with Crippen LogP contribution in [0, 0.1) is 0 Å². The maximum Gasteiger partial charge on any atom is 0.410 e. The third kappa shape index (κ3) is 3.72. The summed E-state index contributed by atoms with van der Waals surface area (Å²) in [4.78, 5) is 36.2. The second-order valence-electron chi connectivity index (χ2n) is 3.99. The van der Waals surface area contributed by atoms with E-state index in [2.05, 4.69) is 0 Å². The van der Waals surface area contributed by atoms with Crippen molar-refractivity contribution in [3.8, 4) is 0 Å². The van der Waals surface area contributed by atoms with Crippen molar-refractivity contribution in [2.75, 3.05) is 19.8 Å². The van der Waals surface area contributed by atoms with Crippen molar-refractivity contribution < 1.29 is 23.9 Å². The Kier molecular flexibility index (Phi) is 5.61. The molecular weight excluding hydrogens is 238 g/mol. The Hall–Kier alpha value is -1.59. The average Bonchev–Trinajstić information content (AvgIpc) is 2.32. The van der Waals surface area contributed by atoms with Gasteiger partial charge in [-0.3, -0.25) is 14.5 Å². The van der Waals surface area contributed by atoms with Crippen LogP contribution >= 0.6 is 0 Å². The van der Waals surface area contributed by atoms with Crippen LogP contribution in [-0.4, -0.2) is 48.5 Å². The van der Waals surface area contributed by atoms with Crippen LogP contribution in [0.4, 0.5) is 4.79 Å². The van der Waals surface area contributed by atoms with Crippen molar-refractivity contribution in [3.63, 3.8) is 0 Å². The van der Waals surface area contributed by atoms with E-state index in [9.17, 15) is 14.4 Å². The third-order valence-corrected chi connectivity index (χ3v) is 2.74. The molecule has 1 fully saturated rings. The van der Waals surface area contributed by atoms with Crippen molar-refractivity contribution in [3.05, 3.63) is 0 Å². The lowest BCUT2D eigenvalue weighted by atomic mass is 9.98. The summed E-state index contributed by atoms with van der Waals surface area (Å²) < 4.78 is 9.70. The molecule has 1 aliphatic heterocycles. The molecule has 0 saturated carbocycles. The first kappa shape index (κ1) is 14.5. The molecule has 6 nitrogen and oxygen atoms in total. The van der Waals surface area contributed by atoms with Crippen molar-refractivity contribution in [1.82, 2.24) is 4.90 Å². The third-order valence-electron chi connectivity index (χ3n) is 2.74. The van der Waals surface area contributed by atoms with Crippen molar-refractivity contribution in [2.24, 2.45) is 0 Å². The molecule has 0 N–H and O–H groups in total. The number of carbonyl (C=O) groups is 3. The zero-order valence-corrected chi connectivity index (χ0v) is 10.8. The zero-order valence-electron chi connectivity index (χ0n) is 10.8. The molecule has 1 atom stereocenters. The van der Waals surface area contributed by atoms with Crippen LogP contribution in [0.2, 0.25) is 0 Å². The SMILES string of the molecule is CCOC(=O)CC1C(=O)CCCN1C(=O)OCC. The topological polar surface area (TPSA) is 72.9 Å². The molecule has 6 heteroatoms. The quantitative estimate of drug-likeness (QED) is 0.706. The summed E-state index contributed by atoms with van der Waals surface area (Å²) in [7, 11) is 0. The fraction of sp³-hybridized carbons (Fsp3) is 0.750. The number of esters is 1. The maximum absolute atomic E-state index is 11.8. The number of Topliss-reactive ketones (excluding diaryl/α,β-unsaturated/α-hetero) is 1. The van der Waals surface area contributed by atoms with Crippen LogP contribution in [0.15, 0.2) is 0 Å². The van der Waals surface area contributed by atoms with E-state index in [1.54, 1.807) is 13.8 Å². The molecule has 0 aromatic heterocycles. The number of piperidine rings is 1. The van der Waals surface area contributed by atoms with Crippen molar-refractivity contribution in [1.29, 1.82) is 0 Å². The van der Waals surface area contributed by atoms with Crippen LogP contribution in [0.5, 0.6) is 0 Å². The van der Waals surface area contributed by atoms with E-state index >= 15 is 0 Å². The number of hydrogen-bond donors (Lipinski definition) is 0. The molecule has 0 aromatic rings. The minimum Gasteiger partial charge on any atom is -0.466 e. The van der Waals surface area contributed by atoms with Gasteiger partial charge in [0.15, 0.2) is 5.78 Å². The molecule has 0 aromatic carbocycles. The van der Waals surface area contributed by atoms with Gasteiger partial charge in [-0.25, -0.2) is 4.79 Å². The summed E-state index contributed by atoms with van der Waals surface area (Å²) in [6.07, 6.45) is 0.363. The molecule has 0 radical (unpaired) electrons. The predicted molar refractivity (Wildman–Crippen MR) is 63.0 cm³/mol. The van der Waals surface area contributed by atoms with E-state index in [1.165, 1.54) is 4.90 Å². The molecule has 1 aliphatic rings. The highest BCUT2D eigenvalue weighted by Crippen LogP contribution is 2.18. The highest BCUT2D eigenvalue weighted by Gasteiger charge is 2.35. The van der Waals surface area contributed by atoms with Gasteiger partial charge >= 0.3 is 12.1 Å². The summed E-state index contributed by atoms with van der Waals surface area (Å²) in [5.41, 5.74) is 0. The molecule has 0 spiro atoms. The first-order valence-electron chi connectivity index (χ1n) is 6.21. The van der Waals surface area contributed by atoms with E-state index in [0.29, 0.717) is 19.4 Å². The first-order valence-corrected chi connectivity index (χ1v) is 6.21. The fourth-order valence-electron chi connectivity index (χ4n) is 1.95. The number of ketones is 1. The van der Waals surface area contributed by atoms with E-state index in [-0.39, 0.29) is 25.4 Å². The summed E-state index contributed by atoms with van der Waals surface area (Å²) in [5.74, 6) is -0.575. The van der Waals surface area contributed by atoms with Gasteiger partial charge in [0.2, 0.25) is 0 Å². The highest BCUT2D eigenvalue weighted by atomic mass is 16.6. The van der Waals surface area contributed by atoms with Gasteiger partial charge in [0.25, 0.3) is 0 Å². The van der Waals surface area contributed by atoms with Crippen LogP contribution in [-0.2, 0) is 19.1 Å². The van der Waals surface area contributed by atoms with Crippen LogP contribution < -0.4 is 0 Å². The van der Waals surface area contributed by atoms with Gasteiger partial charge in [-0.1, -0.05) is 0 Å². The molecular formula is C12H19NO5. The summed E-state index contributed by atoms with van der Waals surface area (Å²) in [5, 5.41) is 0. The van der Waals surface area contributed by atoms with Crippen LogP contribution in [0.3, 0.4) is 0 Å². The molecule has 0 bridgehead atoms. The largest absolute Gasteiger partial charge is 0.466 e. The number of amides is 1. The van der Waals surface area contributed by atoms with Crippen LogP contribution in [0.25, 0.3) is 0 Å². The van der Waals surface area contributed by atoms with Gasteiger partial charge in [-0.05, 0) is 20.3 Å². The minimum atomic E-state index is -0.739. The Morgan fingerprint density at radius 2 is 1.94 bits per heavy atom. The Morgan fingerprint density at radius 3 is 2.56 bits per heavy atom. The van der Waals surface area contributed by atoms with Gasteiger partial charge in [-0.15, -0.1) is 0 Å². The predicted octanol–water partition coefficient (Wildman–Crippen LogP) is 1.13. The Morgan fingerprint density at radius 1 is 1.28 bits per heavy atom. The second-order valence-corrected chi connectivity index (χ2v) is 3.99. The van der Waals surface area contributed by atoms with Gasteiger partial charge < -0.3 is 9.47 Å². The smallest absolute Gasteiger partial charge is 0.410 e. The lowest BCUT2D eigenvalue weighted by molar-refractivity contribution is -0.147. The highest BCUT2D eigenvalue weighted by molar-refractivity contribution is 5.91. The zero-order chi connectivity index (χ0) is 13.5. The monoisotopic (exact) mass is 257 g/mol. The Balaban J connectivity index is 2.69. The van der Waals surface area contributed by atoms with Gasteiger partial charge in [0, 0.05) is 13.0 Å². The molecule has 0 aliphatic carbocycles. The number of ether oxygens (including phenoxy) is 2. The normalized spacial score (nSPS) is 19.6. The van der Waals surface area contributed by atoms with Crippen LogP contribution in [0.1, 0.15) is 33.1 Å². The first-order chi connectivity index (χ1) is 8.60. The molecule has 1 unspecified atom stereocenters. The van der Waals surface area contributed by atoms with Crippen molar-refractivity contribution in [2.45, 2.75) is 39.2 Å². The Labute approximate surface area is 106 Å². The summed E-state index contributed by atoms with van der Waals surface area (Å²) in [6.45, 7) is 4.34. The van der Waals surface area contributed by atoms with Gasteiger partial charge in [0.1, 0.15) is 6.04 Å². The van der Waals surface area contributed by atoms with Gasteiger partial charge in [-0.2, -0.15) is 0 Å². The molecule has 1 amide bonds. The molecule has 1 saturated heterocycles. The summed E-state index contributed by atoms with van der Waals surface area (Å²) >= 11 is 0.